The molecule has 2 aliphatic heterocycles. The number of nitrogens with zero attached hydrogens (tertiary/aromatic N) is 2. The molecule has 2 heterocycles. The Balaban J connectivity index is 1.62. The van der Waals surface area contributed by atoms with Crippen LogP contribution in [0, 0.1) is 5.92 Å². The van der Waals surface area contributed by atoms with E-state index in [2.05, 4.69) is 18.2 Å². The molecular weight excluding hydrogens is 304 g/mol. The highest BCUT2D eigenvalue weighted by atomic mass is 16.5. The Bertz CT molecular complexity index is 651. The maximum atomic E-state index is 12.6. The molecule has 128 valence electrons. The van der Waals surface area contributed by atoms with Crippen LogP contribution >= 0.6 is 0 Å². The molecule has 1 aromatic carbocycles. The van der Waals surface area contributed by atoms with Crippen molar-refractivity contribution >= 4 is 17.4 Å². The van der Waals surface area contributed by atoms with Crippen LogP contribution in [0.15, 0.2) is 30.3 Å². The topological polar surface area (TPSA) is 49.9 Å². The molecule has 0 radical (unpaired) electrons. The second kappa shape index (κ2) is 7.07. The van der Waals surface area contributed by atoms with E-state index in [1.54, 1.807) is 19.1 Å². The Labute approximate surface area is 142 Å². The van der Waals surface area contributed by atoms with Crippen molar-refractivity contribution in [2.24, 2.45) is 5.92 Å². The Morgan fingerprint density at radius 3 is 2.54 bits per heavy atom. The van der Waals surface area contributed by atoms with Crippen molar-refractivity contribution in [1.82, 2.24) is 9.80 Å². The van der Waals surface area contributed by atoms with Crippen LogP contribution in [-0.4, -0.2) is 55.4 Å². The van der Waals surface area contributed by atoms with Crippen molar-refractivity contribution in [3.63, 3.8) is 0 Å². The van der Waals surface area contributed by atoms with Gasteiger partial charge in [-0.05, 0) is 36.1 Å². The lowest BCUT2D eigenvalue weighted by molar-refractivity contribution is -0.144. The number of carbonyl (C=O) groups excluding carboxylic acids is 2. The van der Waals surface area contributed by atoms with Gasteiger partial charge in [0, 0.05) is 39.0 Å². The van der Waals surface area contributed by atoms with Crippen molar-refractivity contribution in [3.8, 4) is 5.75 Å². The Morgan fingerprint density at radius 2 is 1.96 bits per heavy atom. The fourth-order valence-corrected chi connectivity index (χ4v) is 3.35. The van der Waals surface area contributed by atoms with Gasteiger partial charge < -0.3 is 14.5 Å². The zero-order valence-electron chi connectivity index (χ0n) is 14.3. The van der Waals surface area contributed by atoms with Crippen molar-refractivity contribution in [3.05, 3.63) is 35.9 Å². The Morgan fingerprint density at radius 1 is 1.21 bits per heavy atom. The number of hydrogen-bond acceptors (Lipinski definition) is 3. The first-order valence-electron chi connectivity index (χ1n) is 8.44. The average molecular weight is 328 g/mol. The summed E-state index contributed by atoms with van der Waals surface area (Å²) in [4.78, 5) is 28.1. The molecule has 0 bridgehead atoms. The number of hydrogen-bond donors (Lipinski definition) is 0. The molecule has 0 N–H and O–H groups in total. The van der Waals surface area contributed by atoms with E-state index in [4.69, 9.17) is 4.74 Å². The van der Waals surface area contributed by atoms with E-state index in [9.17, 15) is 9.59 Å². The summed E-state index contributed by atoms with van der Waals surface area (Å²) in [5, 5.41) is 0. The van der Waals surface area contributed by atoms with E-state index >= 15 is 0 Å². The molecule has 0 spiro atoms. The molecule has 5 heteroatoms. The minimum atomic E-state index is -0.148. The average Bonchev–Trinajstić information content (AvgIpc) is 2.63. The monoisotopic (exact) mass is 328 g/mol. The van der Waals surface area contributed by atoms with Gasteiger partial charge in [0.05, 0.1) is 7.11 Å². The van der Waals surface area contributed by atoms with E-state index in [0.29, 0.717) is 19.5 Å². The largest absolute Gasteiger partial charge is 0.497 e. The van der Waals surface area contributed by atoms with Gasteiger partial charge in [-0.15, -0.1) is 0 Å². The molecule has 1 atom stereocenters. The Kier molecular flexibility index (Phi) is 4.88. The van der Waals surface area contributed by atoms with Gasteiger partial charge >= 0.3 is 0 Å². The van der Waals surface area contributed by atoms with Gasteiger partial charge in [-0.2, -0.15) is 0 Å². The fraction of sp³-hybridized carbons (Fsp3) is 0.474. The van der Waals surface area contributed by atoms with Crippen LogP contribution in [0.3, 0.4) is 0 Å². The molecule has 1 fully saturated rings. The zero-order chi connectivity index (χ0) is 17.1. The summed E-state index contributed by atoms with van der Waals surface area (Å²) in [5.74, 6) is 0.899. The highest BCUT2D eigenvalue weighted by Crippen LogP contribution is 2.26. The van der Waals surface area contributed by atoms with Crippen LogP contribution in [0.5, 0.6) is 5.75 Å². The van der Waals surface area contributed by atoms with Crippen LogP contribution < -0.4 is 4.74 Å². The molecule has 0 unspecified atom stereocenters. The van der Waals surface area contributed by atoms with Gasteiger partial charge in [-0.25, -0.2) is 0 Å². The summed E-state index contributed by atoms with van der Waals surface area (Å²) in [6.45, 7) is 2.02. The number of ether oxygens (including phenoxy) is 1. The number of benzene rings is 1. The molecular formula is C19H24N2O3. The number of methoxy groups -OCH3 is 1. The van der Waals surface area contributed by atoms with Gasteiger partial charge in [0.25, 0.3) is 0 Å². The van der Waals surface area contributed by atoms with Crippen molar-refractivity contribution in [2.75, 3.05) is 33.8 Å². The quantitative estimate of drug-likeness (QED) is 0.854. The normalized spacial score (nSPS) is 21.5. The molecule has 3 rings (SSSR count). The summed E-state index contributed by atoms with van der Waals surface area (Å²) in [6, 6.07) is 8.02. The Hall–Kier alpha value is -2.30. The van der Waals surface area contributed by atoms with E-state index < -0.39 is 0 Å². The number of rotatable bonds is 3. The first kappa shape index (κ1) is 16.6. The molecule has 5 nitrogen and oxygen atoms in total. The van der Waals surface area contributed by atoms with Gasteiger partial charge in [-0.3, -0.25) is 9.59 Å². The third-order valence-corrected chi connectivity index (χ3v) is 4.99. The maximum Gasteiger partial charge on any atom is 0.226 e. The number of piperidine rings is 1. The summed E-state index contributed by atoms with van der Waals surface area (Å²) in [7, 11) is 3.46. The van der Waals surface area contributed by atoms with Crippen molar-refractivity contribution in [1.29, 1.82) is 0 Å². The predicted molar refractivity (Wildman–Crippen MR) is 92.5 cm³/mol. The van der Waals surface area contributed by atoms with E-state index in [0.717, 1.165) is 25.1 Å². The predicted octanol–water partition coefficient (Wildman–Crippen LogP) is 2.18. The molecule has 1 aromatic rings. The number of amides is 2. The number of likely N-dealkylation sites (tertiary alicyclic amines) is 1. The second-order valence-electron chi connectivity index (χ2n) is 6.50. The number of carbonyl (C=O) groups is 2. The minimum absolute atomic E-state index is 0.0751. The summed E-state index contributed by atoms with van der Waals surface area (Å²) >= 11 is 0. The van der Waals surface area contributed by atoms with Crippen LogP contribution in [-0.2, 0) is 9.59 Å². The molecule has 0 aliphatic carbocycles. The first-order chi connectivity index (χ1) is 11.6. The smallest absolute Gasteiger partial charge is 0.226 e. The van der Waals surface area contributed by atoms with Gasteiger partial charge in [0.1, 0.15) is 5.75 Å². The first-order valence-corrected chi connectivity index (χ1v) is 8.44. The third-order valence-electron chi connectivity index (χ3n) is 4.99. The summed E-state index contributed by atoms with van der Waals surface area (Å²) < 4.78 is 5.19. The van der Waals surface area contributed by atoms with Gasteiger partial charge in [0.15, 0.2) is 0 Å². The van der Waals surface area contributed by atoms with Crippen LogP contribution in [0.4, 0.5) is 0 Å². The van der Waals surface area contributed by atoms with Crippen LogP contribution in [0.1, 0.15) is 24.8 Å². The lowest BCUT2D eigenvalue weighted by Gasteiger charge is -2.33. The third kappa shape index (κ3) is 3.45. The fourth-order valence-electron chi connectivity index (χ4n) is 3.35. The minimum Gasteiger partial charge on any atom is -0.497 e. The summed E-state index contributed by atoms with van der Waals surface area (Å²) in [6.07, 6.45) is 4.09. The van der Waals surface area contributed by atoms with Crippen molar-refractivity contribution in [2.45, 2.75) is 19.3 Å². The van der Waals surface area contributed by atoms with Gasteiger partial charge in [0.2, 0.25) is 11.8 Å². The molecule has 1 saturated heterocycles. The standard InChI is InChI=1S/C19H24N2O3/c1-20-10-7-16(13-18(20)22)19(23)21-11-8-15(9-12-21)14-3-5-17(24-2)6-4-14/h3-6,8,16H,7,9-13H2,1-2H3/t16-/m1/s1. The SMILES string of the molecule is COc1ccc(C2=CCN(C(=O)[C@@H]3CCN(C)C(=O)C3)CC2)cc1. The van der Waals surface area contributed by atoms with Crippen molar-refractivity contribution < 1.29 is 14.3 Å². The van der Waals surface area contributed by atoms with Gasteiger partial charge in [-0.1, -0.05) is 18.2 Å². The highest BCUT2D eigenvalue weighted by Gasteiger charge is 2.32. The molecule has 2 aliphatic rings. The summed E-state index contributed by atoms with van der Waals surface area (Å²) in [5.41, 5.74) is 2.44. The van der Waals surface area contributed by atoms with Crippen LogP contribution in [0.2, 0.25) is 0 Å². The second-order valence-corrected chi connectivity index (χ2v) is 6.50. The highest BCUT2D eigenvalue weighted by molar-refractivity contribution is 5.87. The van der Waals surface area contributed by atoms with E-state index in [1.165, 1.54) is 11.1 Å². The lowest BCUT2D eigenvalue weighted by Crippen LogP contribution is -2.45. The maximum absolute atomic E-state index is 12.6. The zero-order valence-corrected chi connectivity index (χ0v) is 14.3. The lowest BCUT2D eigenvalue weighted by atomic mass is 9.93. The van der Waals surface area contributed by atoms with E-state index in [-0.39, 0.29) is 17.7 Å². The molecule has 2 amide bonds. The molecule has 24 heavy (non-hydrogen) atoms. The van der Waals surface area contributed by atoms with Crippen LogP contribution in [0.25, 0.3) is 5.57 Å². The molecule has 0 saturated carbocycles. The van der Waals surface area contributed by atoms with E-state index in [1.807, 2.05) is 17.0 Å². The molecule has 0 aromatic heterocycles.